The average Bonchev–Trinajstić information content (AvgIpc) is 3.18. The summed E-state index contributed by atoms with van der Waals surface area (Å²) in [6, 6.07) is 5.76. The molecule has 2 N–H and O–H groups in total. The first-order valence-corrected chi connectivity index (χ1v) is 10.1. The second-order valence-electron chi connectivity index (χ2n) is 5.88. The van der Waals surface area contributed by atoms with Gasteiger partial charge in [-0.05, 0) is 31.0 Å². The third-order valence-electron chi connectivity index (χ3n) is 4.06. The second-order valence-corrected chi connectivity index (χ2v) is 7.97. The molecule has 0 aliphatic carbocycles. The third-order valence-corrected chi connectivity index (χ3v) is 6.01. The molecule has 0 amide bonds. The van der Waals surface area contributed by atoms with Crippen molar-refractivity contribution in [2.45, 2.75) is 19.9 Å². The number of sulfonamides is 1. The van der Waals surface area contributed by atoms with Crippen molar-refractivity contribution in [2.24, 2.45) is 4.99 Å². The van der Waals surface area contributed by atoms with E-state index in [1.165, 1.54) is 4.31 Å². The Balaban J connectivity index is 0.00000243. The fourth-order valence-corrected chi connectivity index (χ4v) is 4.32. The van der Waals surface area contributed by atoms with E-state index in [9.17, 15) is 8.42 Å². The van der Waals surface area contributed by atoms with Crippen molar-refractivity contribution in [3.05, 3.63) is 23.8 Å². The Labute approximate surface area is 171 Å². The topological polar surface area (TPSA) is 92.3 Å². The van der Waals surface area contributed by atoms with E-state index in [-0.39, 0.29) is 36.5 Å². The number of benzene rings is 1. The molecule has 0 radical (unpaired) electrons. The van der Waals surface area contributed by atoms with Crippen LogP contribution in [0.4, 0.5) is 0 Å². The van der Waals surface area contributed by atoms with Crippen LogP contribution in [0.5, 0.6) is 11.5 Å². The van der Waals surface area contributed by atoms with Crippen LogP contribution in [-0.2, 0) is 16.6 Å². The van der Waals surface area contributed by atoms with Crippen LogP contribution in [0.15, 0.2) is 23.2 Å². The van der Waals surface area contributed by atoms with E-state index in [0.29, 0.717) is 38.6 Å². The maximum absolute atomic E-state index is 11.8. The molecule has 0 aromatic heterocycles. The largest absolute Gasteiger partial charge is 0.454 e. The van der Waals surface area contributed by atoms with Gasteiger partial charge in [-0.3, -0.25) is 0 Å². The van der Waals surface area contributed by atoms with E-state index in [0.717, 1.165) is 23.6 Å². The summed E-state index contributed by atoms with van der Waals surface area (Å²) in [6.45, 7) is 5.05. The highest BCUT2D eigenvalue weighted by Crippen LogP contribution is 2.32. The maximum Gasteiger partial charge on any atom is 0.231 e. The van der Waals surface area contributed by atoms with Gasteiger partial charge >= 0.3 is 0 Å². The lowest BCUT2D eigenvalue weighted by Gasteiger charge is -2.16. The van der Waals surface area contributed by atoms with Gasteiger partial charge in [-0.1, -0.05) is 6.07 Å². The minimum atomic E-state index is -3.05. The number of ether oxygens (including phenoxy) is 2. The minimum absolute atomic E-state index is 0. The number of hydrogen-bond acceptors (Lipinski definition) is 5. The van der Waals surface area contributed by atoms with Crippen LogP contribution >= 0.6 is 24.0 Å². The van der Waals surface area contributed by atoms with Crippen LogP contribution in [0, 0.1) is 0 Å². The van der Waals surface area contributed by atoms with Gasteiger partial charge < -0.3 is 20.1 Å². The molecular formula is C16H25IN4O4S. The number of halogens is 1. The van der Waals surface area contributed by atoms with Gasteiger partial charge in [0.05, 0.1) is 12.3 Å². The molecule has 146 valence electrons. The van der Waals surface area contributed by atoms with Crippen LogP contribution in [-0.4, -0.2) is 57.4 Å². The molecule has 0 atom stereocenters. The van der Waals surface area contributed by atoms with Gasteiger partial charge in [0.15, 0.2) is 17.5 Å². The molecule has 8 nitrogen and oxygen atoms in total. The summed E-state index contributed by atoms with van der Waals surface area (Å²) in [5.74, 6) is 2.41. The van der Waals surface area contributed by atoms with E-state index in [1.807, 2.05) is 25.1 Å². The van der Waals surface area contributed by atoms with Crippen molar-refractivity contribution < 1.29 is 17.9 Å². The van der Waals surface area contributed by atoms with Crippen molar-refractivity contribution in [1.82, 2.24) is 14.9 Å². The number of hydrogen-bond donors (Lipinski definition) is 2. The molecule has 0 saturated carbocycles. The molecule has 2 aliphatic rings. The number of guanidine groups is 1. The van der Waals surface area contributed by atoms with Gasteiger partial charge in [0, 0.05) is 26.2 Å². The monoisotopic (exact) mass is 496 g/mol. The smallest absolute Gasteiger partial charge is 0.231 e. The summed E-state index contributed by atoms with van der Waals surface area (Å²) in [5, 5.41) is 6.35. The highest BCUT2D eigenvalue weighted by molar-refractivity contribution is 14.0. The minimum Gasteiger partial charge on any atom is -0.454 e. The van der Waals surface area contributed by atoms with Gasteiger partial charge in [-0.25, -0.2) is 17.7 Å². The van der Waals surface area contributed by atoms with Gasteiger partial charge in [0.1, 0.15) is 0 Å². The predicted molar refractivity (Wildman–Crippen MR) is 111 cm³/mol. The van der Waals surface area contributed by atoms with Crippen LogP contribution in [0.3, 0.4) is 0 Å². The van der Waals surface area contributed by atoms with Crippen LogP contribution in [0.2, 0.25) is 0 Å². The summed E-state index contributed by atoms with van der Waals surface area (Å²) in [4.78, 5) is 4.54. The summed E-state index contributed by atoms with van der Waals surface area (Å²) < 4.78 is 35.8. The van der Waals surface area contributed by atoms with Crippen molar-refractivity contribution in [2.75, 3.05) is 38.7 Å². The summed E-state index contributed by atoms with van der Waals surface area (Å²) in [7, 11) is -3.05. The fraction of sp³-hybridized carbons (Fsp3) is 0.562. The lowest BCUT2D eigenvalue weighted by molar-refractivity contribution is 0.174. The Morgan fingerprint density at radius 1 is 1.27 bits per heavy atom. The first-order chi connectivity index (χ1) is 12.1. The highest BCUT2D eigenvalue weighted by atomic mass is 127. The van der Waals surface area contributed by atoms with Gasteiger partial charge in [0.25, 0.3) is 0 Å². The van der Waals surface area contributed by atoms with Crippen LogP contribution in [0.25, 0.3) is 0 Å². The van der Waals surface area contributed by atoms with E-state index in [1.54, 1.807) is 0 Å². The van der Waals surface area contributed by atoms with Gasteiger partial charge in [-0.15, -0.1) is 24.0 Å². The van der Waals surface area contributed by atoms with E-state index >= 15 is 0 Å². The third kappa shape index (κ3) is 5.36. The van der Waals surface area contributed by atoms with Crippen LogP contribution in [0.1, 0.15) is 18.9 Å². The molecule has 1 saturated heterocycles. The van der Waals surface area contributed by atoms with Crippen LogP contribution < -0.4 is 20.1 Å². The molecule has 10 heteroatoms. The van der Waals surface area contributed by atoms with Crippen molar-refractivity contribution in [3.8, 4) is 11.5 Å². The molecule has 1 aromatic carbocycles. The molecular weight excluding hydrogens is 471 g/mol. The van der Waals surface area contributed by atoms with Crippen molar-refractivity contribution >= 4 is 40.0 Å². The molecule has 0 bridgehead atoms. The molecule has 3 rings (SSSR count). The molecule has 1 fully saturated rings. The SMILES string of the molecule is CCNC(=NCc1ccc2c(c1)OCO2)NCCN1CCCS1(=O)=O.I. The number of nitrogens with one attached hydrogen (secondary N) is 2. The summed E-state index contributed by atoms with van der Waals surface area (Å²) in [6.07, 6.45) is 0.709. The molecule has 2 aliphatic heterocycles. The second kappa shape index (κ2) is 9.60. The quantitative estimate of drug-likeness (QED) is 0.349. The average molecular weight is 496 g/mol. The molecule has 26 heavy (non-hydrogen) atoms. The number of nitrogens with zero attached hydrogens (tertiary/aromatic N) is 2. The standard InChI is InChI=1S/C16H24N4O4S.HI/c1-2-17-16(18-6-8-20-7-3-9-25(20,21)22)19-11-13-4-5-14-15(10-13)24-12-23-14;/h4-5,10H,2-3,6-9,11-12H2,1H3,(H2,17,18,19);1H. The van der Waals surface area contributed by atoms with Gasteiger partial charge in [0.2, 0.25) is 16.8 Å². The molecule has 2 heterocycles. The van der Waals surface area contributed by atoms with Crippen molar-refractivity contribution in [3.63, 3.8) is 0 Å². The normalized spacial score (nSPS) is 18.4. The van der Waals surface area contributed by atoms with E-state index in [2.05, 4.69) is 15.6 Å². The van der Waals surface area contributed by atoms with Crippen molar-refractivity contribution in [1.29, 1.82) is 0 Å². The van der Waals surface area contributed by atoms with E-state index < -0.39 is 10.0 Å². The fourth-order valence-electron chi connectivity index (χ4n) is 2.79. The molecule has 0 unspecified atom stereocenters. The highest BCUT2D eigenvalue weighted by Gasteiger charge is 2.27. The van der Waals surface area contributed by atoms with Gasteiger partial charge in [-0.2, -0.15) is 0 Å². The Morgan fingerprint density at radius 3 is 2.81 bits per heavy atom. The molecule has 1 aromatic rings. The Morgan fingerprint density at radius 2 is 2.08 bits per heavy atom. The zero-order chi connectivity index (χ0) is 17.7. The number of fused-ring (bicyclic) bond motifs is 1. The maximum atomic E-state index is 11.8. The summed E-state index contributed by atoms with van der Waals surface area (Å²) >= 11 is 0. The summed E-state index contributed by atoms with van der Waals surface area (Å²) in [5.41, 5.74) is 1.02. The zero-order valence-electron chi connectivity index (χ0n) is 14.7. The molecule has 0 spiro atoms. The first-order valence-electron chi connectivity index (χ1n) is 8.47. The Hall–Kier alpha value is -1.27. The Bertz CT molecular complexity index is 742. The lowest BCUT2D eigenvalue weighted by Crippen LogP contribution is -2.42. The number of rotatable bonds is 6. The Kier molecular flexibility index (Phi) is 7.77. The lowest BCUT2D eigenvalue weighted by atomic mass is 10.2. The number of aliphatic imine (C=N–C) groups is 1. The predicted octanol–water partition coefficient (Wildman–Crippen LogP) is 1.12. The zero-order valence-corrected chi connectivity index (χ0v) is 17.9. The van der Waals surface area contributed by atoms with E-state index in [4.69, 9.17) is 9.47 Å². The first kappa shape index (κ1) is 21.0.